The minimum Gasteiger partial charge on any atom is -0.367 e. The van der Waals surface area contributed by atoms with Gasteiger partial charge in [-0.25, -0.2) is 0 Å². The summed E-state index contributed by atoms with van der Waals surface area (Å²) < 4.78 is 5.36. The Bertz CT molecular complexity index is 392. The van der Waals surface area contributed by atoms with E-state index in [1.54, 1.807) is 0 Å². The molecule has 1 N–H and O–H groups in total. The van der Waals surface area contributed by atoms with Crippen molar-refractivity contribution in [3.8, 4) is 0 Å². The molecule has 2 rings (SSSR count). The Hall–Kier alpha value is -1.52. The number of nitrogens with one attached hydrogen (secondary N) is 1. The van der Waals surface area contributed by atoms with Crippen LogP contribution in [0.2, 0.25) is 0 Å². The highest BCUT2D eigenvalue weighted by Gasteiger charge is 2.24. The molecule has 4 nitrogen and oxygen atoms in total. The molecule has 1 aliphatic rings. The highest BCUT2D eigenvalue weighted by Crippen LogP contribution is 2.10. The van der Waals surface area contributed by atoms with Crippen LogP contribution in [0.5, 0.6) is 0 Å². The molecule has 0 radical (unpaired) electrons. The first-order chi connectivity index (χ1) is 8.29. The average molecular weight is 232 g/mol. The SMILES string of the molecule is N=CC(=O)C1CN(Cc2ccccc2)CCO1. The molecule has 1 fully saturated rings. The van der Waals surface area contributed by atoms with Gasteiger partial charge in [-0.3, -0.25) is 9.69 Å². The van der Waals surface area contributed by atoms with Crippen LogP contribution in [0.25, 0.3) is 0 Å². The molecule has 1 atom stereocenters. The van der Waals surface area contributed by atoms with Gasteiger partial charge in [0.05, 0.1) is 12.8 Å². The summed E-state index contributed by atoms with van der Waals surface area (Å²) in [5.41, 5.74) is 1.23. The second kappa shape index (κ2) is 5.70. The van der Waals surface area contributed by atoms with Gasteiger partial charge < -0.3 is 10.1 Å². The van der Waals surface area contributed by atoms with Crippen molar-refractivity contribution in [1.29, 1.82) is 5.41 Å². The number of Topliss-reactive ketones (excluding diaryl/α,β-unsaturated/α-hetero) is 1. The van der Waals surface area contributed by atoms with E-state index in [-0.39, 0.29) is 5.78 Å². The molecule has 0 saturated carbocycles. The lowest BCUT2D eigenvalue weighted by Gasteiger charge is -2.31. The monoisotopic (exact) mass is 232 g/mol. The van der Waals surface area contributed by atoms with Gasteiger partial charge in [-0.05, 0) is 5.56 Å². The lowest BCUT2D eigenvalue weighted by Crippen LogP contribution is -2.45. The van der Waals surface area contributed by atoms with Crippen LogP contribution in [0.1, 0.15) is 5.56 Å². The summed E-state index contributed by atoms with van der Waals surface area (Å²) in [6.07, 6.45) is 0.376. The number of nitrogens with zero attached hydrogens (tertiary/aromatic N) is 1. The number of rotatable bonds is 4. The Morgan fingerprint density at radius 2 is 2.24 bits per heavy atom. The normalized spacial score (nSPS) is 21.1. The first-order valence-electron chi connectivity index (χ1n) is 5.72. The van der Waals surface area contributed by atoms with E-state index in [0.717, 1.165) is 19.3 Å². The lowest BCUT2D eigenvalue weighted by atomic mass is 10.1. The summed E-state index contributed by atoms with van der Waals surface area (Å²) in [5.74, 6) is -0.247. The molecule has 0 spiro atoms. The van der Waals surface area contributed by atoms with Gasteiger partial charge in [-0.2, -0.15) is 0 Å². The van der Waals surface area contributed by atoms with Crippen LogP contribution >= 0.6 is 0 Å². The van der Waals surface area contributed by atoms with Crippen molar-refractivity contribution in [2.75, 3.05) is 19.7 Å². The van der Waals surface area contributed by atoms with Gasteiger partial charge in [0.1, 0.15) is 6.10 Å². The third kappa shape index (κ3) is 3.22. The van der Waals surface area contributed by atoms with Gasteiger partial charge in [0.2, 0.25) is 5.78 Å². The van der Waals surface area contributed by atoms with E-state index in [0.29, 0.717) is 13.2 Å². The third-order valence-electron chi connectivity index (χ3n) is 2.86. The summed E-state index contributed by atoms with van der Waals surface area (Å²) in [5, 5.41) is 6.96. The number of hydrogen-bond acceptors (Lipinski definition) is 4. The van der Waals surface area contributed by atoms with Gasteiger partial charge >= 0.3 is 0 Å². The first-order valence-corrected chi connectivity index (χ1v) is 5.72. The molecule has 1 saturated heterocycles. The molecule has 0 aliphatic carbocycles. The predicted molar refractivity (Wildman–Crippen MR) is 65.2 cm³/mol. The van der Waals surface area contributed by atoms with Crippen molar-refractivity contribution in [3.63, 3.8) is 0 Å². The molecular weight excluding hydrogens is 216 g/mol. The maximum Gasteiger partial charge on any atom is 0.203 e. The quantitative estimate of drug-likeness (QED) is 0.791. The van der Waals surface area contributed by atoms with Gasteiger partial charge in [-0.1, -0.05) is 30.3 Å². The largest absolute Gasteiger partial charge is 0.367 e. The number of morpholine rings is 1. The number of benzene rings is 1. The van der Waals surface area contributed by atoms with Crippen molar-refractivity contribution < 1.29 is 9.53 Å². The van der Waals surface area contributed by atoms with Gasteiger partial charge in [0.15, 0.2) is 0 Å². The second-order valence-corrected chi connectivity index (χ2v) is 4.13. The molecule has 1 aliphatic heterocycles. The second-order valence-electron chi connectivity index (χ2n) is 4.13. The molecule has 0 aromatic heterocycles. The number of ketones is 1. The molecule has 1 unspecified atom stereocenters. The molecule has 1 aromatic carbocycles. The molecule has 0 amide bonds. The smallest absolute Gasteiger partial charge is 0.203 e. The van der Waals surface area contributed by atoms with Crippen LogP contribution in [0.4, 0.5) is 0 Å². The summed E-state index contributed by atoms with van der Waals surface area (Å²) in [7, 11) is 0. The Kier molecular flexibility index (Phi) is 4.01. The zero-order chi connectivity index (χ0) is 12.1. The standard InChI is InChI=1S/C13H16N2O2/c14-8-12(16)13-10-15(6-7-17-13)9-11-4-2-1-3-5-11/h1-5,8,13-14H,6-7,9-10H2. The fourth-order valence-corrected chi connectivity index (χ4v) is 1.95. The van der Waals surface area contributed by atoms with Crippen LogP contribution in [0.15, 0.2) is 30.3 Å². The van der Waals surface area contributed by atoms with E-state index in [4.69, 9.17) is 10.1 Å². The minimum atomic E-state index is -0.468. The summed E-state index contributed by atoms with van der Waals surface area (Å²) in [6, 6.07) is 10.2. The van der Waals surface area contributed by atoms with Crippen LogP contribution in [-0.2, 0) is 16.1 Å². The number of carbonyl (C=O) groups is 1. The topological polar surface area (TPSA) is 53.4 Å². The zero-order valence-corrected chi connectivity index (χ0v) is 9.63. The highest BCUT2D eigenvalue weighted by molar-refractivity contribution is 6.28. The van der Waals surface area contributed by atoms with E-state index in [1.165, 1.54) is 5.56 Å². The Labute approximate surface area is 101 Å². The summed E-state index contributed by atoms with van der Waals surface area (Å²) in [4.78, 5) is 13.6. The van der Waals surface area contributed by atoms with Gasteiger partial charge in [0, 0.05) is 19.6 Å². The molecule has 0 bridgehead atoms. The van der Waals surface area contributed by atoms with Crippen LogP contribution < -0.4 is 0 Å². The maximum absolute atomic E-state index is 11.4. The predicted octanol–water partition coefficient (Wildman–Crippen LogP) is 1.11. The van der Waals surface area contributed by atoms with Crippen LogP contribution in [0.3, 0.4) is 0 Å². The van der Waals surface area contributed by atoms with E-state index < -0.39 is 6.10 Å². The summed E-state index contributed by atoms with van der Waals surface area (Å²) >= 11 is 0. The van der Waals surface area contributed by atoms with Gasteiger partial charge in [0.25, 0.3) is 0 Å². The fourth-order valence-electron chi connectivity index (χ4n) is 1.95. The van der Waals surface area contributed by atoms with Crippen molar-refractivity contribution >= 4 is 12.0 Å². The van der Waals surface area contributed by atoms with Crippen molar-refractivity contribution in [2.24, 2.45) is 0 Å². The molecule has 1 heterocycles. The fraction of sp³-hybridized carbons (Fsp3) is 0.385. The first kappa shape index (κ1) is 12.0. The zero-order valence-electron chi connectivity index (χ0n) is 9.63. The Morgan fingerprint density at radius 1 is 1.47 bits per heavy atom. The van der Waals surface area contributed by atoms with E-state index in [1.807, 2.05) is 18.2 Å². The van der Waals surface area contributed by atoms with Crippen LogP contribution in [-0.4, -0.2) is 42.7 Å². The molecule has 4 heteroatoms. The van der Waals surface area contributed by atoms with Gasteiger partial charge in [-0.15, -0.1) is 0 Å². The highest BCUT2D eigenvalue weighted by atomic mass is 16.5. The Balaban J connectivity index is 1.94. The molecule has 17 heavy (non-hydrogen) atoms. The van der Waals surface area contributed by atoms with E-state index in [9.17, 15) is 4.79 Å². The summed E-state index contributed by atoms with van der Waals surface area (Å²) in [6.45, 7) is 2.78. The van der Waals surface area contributed by atoms with Crippen molar-refractivity contribution in [3.05, 3.63) is 35.9 Å². The van der Waals surface area contributed by atoms with Crippen molar-refractivity contribution in [1.82, 2.24) is 4.90 Å². The number of ether oxygens (including phenoxy) is 1. The molecule has 1 aromatic rings. The third-order valence-corrected chi connectivity index (χ3v) is 2.86. The maximum atomic E-state index is 11.4. The van der Waals surface area contributed by atoms with E-state index in [2.05, 4.69) is 17.0 Å². The average Bonchev–Trinajstić information content (AvgIpc) is 2.39. The lowest BCUT2D eigenvalue weighted by molar-refractivity contribution is -0.129. The number of hydrogen-bond donors (Lipinski definition) is 1. The van der Waals surface area contributed by atoms with E-state index >= 15 is 0 Å². The number of carbonyl (C=O) groups excluding carboxylic acids is 1. The Morgan fingerprint density at radius 3 is 2.94 bits per heavy atom. The minimum absolute atomic E-state index is 0.247. The molecule has 90 valence electrons. The van der Waals surface area contributed by atoms with Crippen molar-refractivity contribution in [2.45, 2.75) is 12.6 Å². The van der Waals surface area contributed by atoms with Crippen LogP contribution in [0, 0.1) is 5.41 Å². The molecular formula is C13H16N2O2.